The van der Waals surface area contributed by atoms with E-state index in [1.807, 2.05) is 24.4 Å². The molecule has 0 spiro atoms. The third-order valence-electron chi connectivity index (χ3n) is 4.55. The Hall–Kier alpha value is -2.72. The third kappa shape index (κ3) is 4.88. The molecule has 0 fully saturated rings. The maximum atomic E-state index is 13.3. The number of sulfonamides is 1. The van der Waals surface area contributed by atoms with Crippen molar-refractivity contribution in [1.82, 2.24) is 15.0 Å². The first kappa shape index (κ1) is 22.0. The van der Waals surface area contributed by atoms with Crippen molar-refractivity contribution < 1.29 is 17.7 Å². The summed E-state index contributed by atoms with van der Waals surface area (Å²) in [5, 5.41) is 5.89. The molecule has 2 aromatic heterocycles. The smallest absolute Gasteiger partial charge is 0.246 e. The molecule has 0 radical (unpaired) electrons. The Morgan fingerprint density at radius 2 is 1.90 bits per heavy atom. The second kappa shape index (κ2) is 9.40. The number of para-hydroxylation sites is 1. The van der Waals surface area contributed by atoms with Gasteiger partial charge >= 0.3 is 0 Å². The zero-order valence-corrected chi connectivity index (χ0v) is 18.7. The van der Waals surface area contributed by atoms with Gasteiger partial charge in [-0.1, -0.05) is 36.3 Å². The van der Waals surface area contributed by atoms with Gasteiger partial charge in [-0.05, 0) is 36.9 Å². The van der Waals surface area contributed by atoms with Crippen molar-refractivity contribution in [2.24, 2.45) is 0 Å². The normalized spacial score (nSPS) is 12.5. The number of hydrogen-bond donors (Lipinski definition) is 0. The van der Waals surface area contributed by atoms with Crippen LogP contribution in [0.4, 0.5) is 5.69 Å². The van der Waals surface area contributed by atoms with E-state index in [2.05, 4.69) is 10.1 Å². The number of thiophene rings is 1. The zero-order valence-electron chi connectivity index (χ0n) is 17.1. The fraction of sp³-hybridized carbons (Fsp3) is 0.350. The Morgan fingerprint density at radius 3 is 2.47 bits per heavy atom. The maximum Gasteiger partial charge on any atom is 0.246 e. The Morgan fingerprint density at radius 1 is 1.17 bits per heavy atom. The van der Waals surface area contributed by atoms with Crippen molar-refractivity contribution in [3.8, 4) is 10.7 Å². The summed E-state index contributed by atoms with van der Waals surface area (Å²) in [6.45, 7) is 4.10. The average molecular weight is 449 g/mol. The van der Waals surface area contributed by atoms with Crippen LogP contribution >= 0.6 is 11.3 Å². The van der Waals surface area contributed by atoms with Crippen molar-refractivity contribution in [2.45, 2.75) is 32.9 Å². The van der Waals surface area contributed by atoms with Gasteiger partial charge in [0.15, 0.2) is 0 Å². The van der Waals surface area contributed by atoms with Crippen LogP contribution in [0.5, 0.6) is 0 Å². The molecule has 0 aliphatic rings. The highest BCUT2D eigenvalue weighted by molar-refractivity contribution is 7.92. The summed E-state index contributed by atoms with van der Waals surface area (Å²) in [4.78, 5) is 20.1. The fourth-order valence-corrected chi connectivity index (χ4v) is 5.02. The van der Waals surface area contributed by atoms with E-state index in [1.54, 1.807) is 37.3 Å². The SMILES string of the molecule is CCC(C(=O)N(CC)Cc1nc(-c2cccs2)no1)N(c1ccccc1)S(C)(=O)=O. The van der Waals surface area contributed by atoms with Gasteiger partial charge in [-0.2, -0.15) is 4.98 Å². The molecule has 0 bridgehead atoms. The highest BCUT2D eigenvalue weighted by Gasteiger charge is 2.34. The molecule has 0 aliphatic carbocycles. The first-order valence-electron chi connectivity index (χ1n) is 9.54. The summed E-state index contributed by atoms with van der Waals surface area (Å²) in [5.41, 5.74) is 0.453. The molecule has 8 nitrogen and oxygen atoms in total. The molecular weight excluding hydrogens is 424 g/mol. The molecule has 0 saturated heterocycles. The number of carbonyl (C=O) groups excluding carboxylic acids is 1. The monoisotopic (exact) mass is 448 g/mol. The molecule has 3 aromatic rings. The number of anilines is 1. The van der Waals surface area contributed by atoms with Crippen LogP contribution in [-0.4, -0.2) is 48.2 Å². The van der Waals surface area contributed by atoms with Crippen molar-refractivity contribution in [3.63, 3.8) is 0 Å². The highest BCUT2D eigenvalue weighted by Crippen LogP contribution is 2.24. The van der Waals surface area contributed by atoms with E-state index in [9.17, 15) is 13.2 Å². The van der Waals surface area contributed by atoms with Gasteiger partial charge in [-0.25, -0.2) is 8.42 Å². The molecule has 30 heavy (non-hydrogen) atoms. The molecule has 2 heterocycles. The van der Waals surface area contributed by atoms with E-state index < -0.39 is 16.1 Å². The maximum absolute atomic E-state index is 13.3. The minimum atomic E-state index is -3.68. The van der Waals surface area contributed by atoms with E-state index in [-0.39, 0.29) is 12.5 Å². The topological polar surface area (TPSA) is 96.6 Å². The minimum Gasteiger partial charge on any atom is -0.337 e. The third-order valence-corrected chi connectivity index (χ3v) is 6.60. The first-order valence-corrected chi connectivity index (χ1v) is 12.3. The zero-order chi connectivity index (χ0) is 21.7. The lowest BCUT2D eigenvalue weighted by molar-refractivity contribution is -0.133. The van der Waals surface area contributed by atoms with E-state index in [0.717, 1.165) is 11.1 Å². The summed E-state index contributed by atoms with van der Waals surface area (Å²) in [7, 11) is -3.68. The number of rotatable bonds is 9. The molecular formula is C20H24N4O4S2. The van der Waals surface area contributed by atoms with Gasteiger partial charge in [0.25, 0.3) is 0 Å². The molecule has 0 saturated carbocycles. The quantitative estimate of drug-likeness (QED) is 0.498. The molecule has 3 rings (SSSR count). The first-order chi connectivity index (χ1) is 14.3. The van der Waals surface area contributed by atoms with Crippen LogP contribution in [-0.2, 0) is 21.4 Å². The molecule has 10 heteroatoms. The molecule has 0 aliphatic heterocycles. The van der Waals surface area contributed by atoms with Gasteiger partial charge in [0.05, 0.1) is 16.8 Å². The Balaban J connectivity index is 1.85. The number of aromatic nitrogens is 2. The van der Waals surface area contributed by atoms with E-state index in [4.69, 9.17) is 4.52 Å². The van der Waals surface area contributed by atoms with Crippen molar-refractivity contribution in [2.75, 3.05) is 17.1 Å². The molecule has 1 aromatic carbocycles. The van der Waals surface area contributed by atoms with Crippen molar-refractivity contribution in [1.29, 1.82) is 0 Å². The van der Waals surface area contributed by atoms with Gasteiger partial charge < -0.3 is 9.42 Å². The van der Waals surface area contributed by atoms with Crippen molar-refractivity contribution in [3.05, 3.63) is 53.7 Å². The summed E-state index contributed by atoms with van der Waals surface area (Å²) in [6, 6.07) is 11.6. The van der Waals surface area contributed by atoms with Crippen molar-refractivity contribution >= 4 is 33.0 Å². The Kier molecular flexibility index (Phi) is 6.88. The average Bonchev–Trinajstić information content (AvgIpc) is 3.41. The van der Waals surface area contributed by atoms with E-state index in [0.29, 0.717) is 30.4 Å². The van der Waals surface area contributed by atoms with Crippen LogP contribution in [0, 0.1) is 0 Å². The standard InChI is InChI=1S/C20H24N4O4S2/c1-4-16(24(30(3,26)27)15-10-7-6-8-11-15)20(25)23(5-2)14-18-21-19(22-28-18)17-12-9-13-29-17/h6-13,16H,4-5,14H2,1-3H3. The summed E-state index contributed by atoms with van der Waals surface area (Å²) in [5.74, 6) is 0.455. The lowest BCUT2D eigenvalue weighted by Crippen LogP contribution is -2.50. The second-order valence-electron chi connectivity index (χ2n) is 6.66. The van der Waals surface area contributed by atoms with Crippen LogP contribution in [0.3, 0.4) is 0 Å². The van der Waals surface area contributed by atoms with Gasteiger partial charge in [0, 0.05) is 6.54 Å². The number of hydrogen-bond acceptors (Lipinski definition) is 7. The number of likely N-dealkylation sites (N-methyl/N-ethyl adjacent to an activating group) is 1. The van der Waals surface area contributed by atoms with Crippen LogP contribution < -0.4 is 4.31 Å². The number of amides is 1. The second-order valence-corrected chi connectivity index (χ2v) is 9.47. The minimum absolute atomic E-state index is 0.108. The van der Waals surface area contributed by atoms with Crippen LogP contribution in [0.2, 0.25) is 0 Å². The molecule has 160 valence electrons. The lowest BCUT2D eigenvalue weighted by atomic mass is 10.1. The summed E-state index contributed by atoms with van der Waals surface area (Å²) < 4.78 is 31.6. The fourth-order valence-electron chi connectivity index (χ4n) is 3.16. The van der Waals surface area contributed by atoms with Crippen LogP contribution in [0.25, 0.3) is 10.7 Å². The van der Waals surface area contributed by atoms with Crippen LogP contribution in [0.1, 0.15) is 26.2 Å². The number of nitrogens with zero attached hydrogens (tertiary/aromatic N) is 4. The lowest BCUT2D eigenvalue weighted by Gasteiger charge is -2.33. The Bertz CT molecular complexity index is 1070. The molecule has 1 amide bonds. The number of carbonyl (C=O) groups is 1. The number of benzene rings is 1. The van der Waals surface area contributed by atoms with Gasteiger partial charge in [-0.3, -0.25) is 9.10 Å². The largest absolute Gasteiger partial charge is 0.337 e. The molecule has 1 atom stereocenters. The summed E-state index contributed by atoms with van der Waals surface area (Å²) >= 11 is 1.49. The predicted molar refractivity (Wildman–Crippen MR) is 117 cm³/mol. The summed E-state index contributed by atoms with van der Waals surface area (Å²) in [6.07, 6.45) is 1.43. The van der Waals surface area contributed by atoms with E-state index in [1.165, 1.54) is 20.5 Å². The van der Waals surface area contributed by atoms with Crippen LogP contribution in [0.15, 0.2) is 52.4 Å². The van der Waals surface area contributed by atoms with Gasteiger partial charge in [-0.15, -0.1) is 11.3 Å². The van der Waals surface area contributed by atoms with Gasteiger partial charge in [0.1, 0.15) is 12.6 Å². The predicted octanol–water partition coefficient (Wildman–Crippen LogP) is 3.39. The Labute approximate surface area is 180 Å². The van der Waals surface area contributed by atoms with Gasteiger partial charge in [0.2, 0.25) is 27.6 Å². The molecule has 0 N–H and O–H groups in total. The molecule has 1 unspecified atom stereocenters. The highest BCUT2D eigenvalue weighted by atomic mass is 32.2. The van der Waals surface area contributed by atoms with E-state index >= 15 is 0 Å².